The van der Waals surface area contributed by atoms with Gasteiger partial charge < -0.3 is 5.32 Å². The van der Waals surface area contributed by atoms with Gasteiger partial charge in [-0.1, -0.05) is 19.9 Å². The lowest BCUT2D eigenvalue weighted by atomic mass is 10.0. The molecule has 20 heavy (non-hydrogen) atoms. The number of nitrogens with zero attached hydrogens (tertiary/aromatic N) is 2. The second kappa shape index (κ2) is 5.29. The number of hydrogen-bond acceptors (Lipinski definition) is 3. The Bertz CT molecular complexity index is 607. The molecule has 0 unspecified atom stereocenters. The number of nitriles is 1. The summed E-state index contributed by atoms with van der Waals surface area (Å²) >= 11 is 0. The molecule has 1 aliphatic rings. The Balaban J connectivity index is 2.20. The van der Waals surface area contributed by atoms with Crippen molar-refractivity contribution in [2.24, 2.45) is 5.92 Å². The van der Waals surface area contributed by atoms with Gasteiger partial charge in [0.25, 0.3) is 5.91 Å². The fourth-order valence-electron chi connectivity index (χ4n) is 2.06. The summed E-state index contributed by atoms with van der Waals surface area (Å²) in [5.41, 5.74) is 0.403. The summed E-state index contributed by atoms with van der Waals surface area (Å²) in [5.74, 6) is -0.978. The second-order valence-electron chi connectivity index (χ2n) is 5.01. The van der Waals surface area contributed by atoms with E-state index in [9.17, 15) is 14.0 Å². The molecule has 1 heterocycles. The van der Waals surface area contributed by atoms with Gasteiger partial charge in [-0.05, 0) is 18.1 Å². The second-order valence-corrected chi connectivity index (χ2v) is 5.01. The van der Waals surface area contributed by atoms with Gasteiger partial charge in [-0.3, -0.25) is 9.69 Å². The van der Waals surface area contributed by atoms with Crippen LogP contribution in [-0.2, 0) is 11.3 Å². The highest BCUT2D eigenvalue weighted by Crippen LogP contribution is 2.18. The summed E-state index contributed by atoms with van der Waals surface area (Å²) in [4.78, 5) is 24.8. The molecule has 104 valence electrons. The van der Waals surface area contributed by atoms with Crippen LogP contribution in [0.2, 0.25) is 0 Å². The van der Waals surface area contributed by atoms with Crippen molar-refractivity contribution in [3.63, 3.8) is 0 Å². The van der Waals surface area contributed by atoms with Crippen LogP contribution in [-0.4, -0.2) is 22.9 Å². The number of carbonyl (C=O) groups excluding carboxylic acids is 2. The van der Waals surface area contributed by atoms with E-state index >= 15 is 0 Å². The third-order valence-electron chi connectivity index (χ3n) is 3.23. The van der Waals surface area contributed by atoms with Crippen LogP contribution in [0.15, 0.2) is 18.2 Å². The van der Waals surface area contributed by atoms with Crippen molar-refractivity contribution in [2.45, 2.75) is 26.4 Å². The first-order valence-corrected chi connectivity index (χ1v) is 6.24. The van der Waals surface area contributed by atoms with E-state index in [1.165, 1.54) is 12.1 Å². The van der Waals surface area contributed by atoms with Gasteiger partial charge in [-0.15, -0.1) is 0 Å². The van der Waals surface area contributed by atoms with Gasteiger partial charge in [-0.2, -0.15) is 5.26 Å². The summed E-state index contributed by atoms with van der Waals surface area (Å²) in [7, 11) is 0. The third-order valence-corrected chi connectivity index (χ3v) is 3.23. The first-order chi connectivity index (χ1) is 9.43. The van der Waals surface area contributed by atoms with Gasteiger partial charge in [0, 0.05) is 5.56 Å². The van der Waals surface area contributed by atoms with Gasteiger partial charge in [0.1, 0.15) is 11.9 Å². The maximum atomic E-state index is 13.8. The van der Waals surface area contributed by atoms with Crippen LogP contribution in [0.25, 0.3) is 0 Å². The van der Waals surface area contributed by atoms with E-state index in [4.69, 9.17) is 5.26 Å². The van der Waals surface area contributed by atoms with Crippen molar-refractivity contribution in [3.05, 3.63) is 35.1 Å². The zero-order chi connectivity index (χ0) is 14.9. The predicted molar refractivity (Wildman–Crippen MR) is 68.8 cm³/mol. The van der Waals surface area contributed by atoms with Gasteiger partial charge in [0.2, 0.25) is 0 Å². The highest BCUT2D eigenvalue weighted by molar-refractivity contribution is 6.04. The Labute approximate surface area is 116 Å². The molecule has 1 aliphatic heterocycles. The fourth-order valence-corrected chi connectivity index (χ4v) is 2.06. The van der Waals surface area contributed by atoms with Gasteiger partial charge in [0.15, 0.2) is 0 Å². The highest BCUT2D eigenvalue weighted by atomic mass is 19.1. The van der Waals surface area contributed by atoms with Crippen LogP contribution in [0.3, 0.4) is 0 Å². The summed E-state index contributed by atoms with van der Waals surface area (Å²) < 4.78 is 13.8. The molecule has 0 bridgehead atoms. The molecule has 1 aromatic carbocycles. The highest BCUT2D eigenvalue weighted by Gasteiger charge is 2.39. The van der Waals surface area contributed by atoms with Crippen LogP contribution < -0.4 is 5.32 Å². The van der Waals surface area contributed by atoms with E-state index in [1.807, 2.05) is 19.9 Å². The first kappa shape index (κ1) is 14.0. The molecular formula is C14H14FN3O2. The first-order valence-electron chi connectivity index (χ1n) is 6.24. The maximum Gasteiger partial charge on any atom is 0.325 e. The smallest absolute Gasteiger partial charge is 0.325 e. The van der Waals surface area contributed by atoms with Crippen molar-refractivity contribution < 1.29 is 14.0 Å². The number of benzene rings is 1. The Morgan fingerprint density at radius 3 is 2.65 bits per heavy atom. The van der Waals surface area contributed by atoms with Gasteiger partial charge >= 0.3 is 6.03 Å². The van der Waals surface area contributed by atoms with E-state index in [0.29, 0.717) is 0 Å². The predicted octanol–water partition coefficient (Wildman–Crippen LogP) is 1.77. The van der Waals surface area contributed by atoms with Crippen LogP contribution in [0.5, 0.6) is 0 Å². The zero-order valence-corrected chi connectivity index (χ0v) is 11.2. The number of halogens is 1. The number of nitrogens with one attached hydrogen (secondary N) is 1. The fraction of sp³-hybridized carbons (Fsp3) is 0.357. The molecule has 1 atom stereocenters. The zero-order valence-electron chi connectivity index (χ0n) is 11.2. The van der Waals surface area contributed by atoms with Crippen LogP contribution in [0.1, 0.15) is 25.0 Å². The molecule has 5 nitrogen and oxygen atoms in total. The minimum absolute atomic E-state index is 0.0257. The Morgan fingerprint density at radius 2 is 2.15 bits per heavy atom. The number of carbonyl (C=O) groups is 2. The molecule has 1 fully saturated rings. The maximum absolute atomic E-state index is 13.8. The molecule has 1 N–H and O–H groups in total. The SMILES string of the molecule is CC(C)[C@@H]1NC(=O)N(Cc2ccc(C#N)cc2F)C1=O. The molecular weight excluding hydrogens is 261 g/mol. The van der Waals surface area contributed by atoms with Crippen molar-refractivity contribution in [1.82, 2.24) is 10.2 Å². The molecule has 0 spiro atoms. The van der Waals surface area contributed by atoms with E-state index in [2.05, 4.69) is 5.32 Å². The summed E-state index contributed by atoms with van der Waals surface area (Å²) in [5, 5.41) is 11.2. The lowest BCUT2D eigenvalue weighted by Crippen LogP contribution is -2.34. The molecule has 2 rings (SSSR count). The lowest BCUT2D eigenvalue weighted by molar-refractivity contribution is -0.128. The van der Waals surface area contributed by atoms with Crippen LogP contribution >= 0.6 is 0 Å². The van der Waals surface area contributed by atoms with Gasteiger partial charge in [-0.25, -0.2) is 9.18 Å². The molecule has 1 aromatic rings. The van der Waals surface area contributed by atoms with Crippen molar-refractivity contribution >= 4 is 11.9 Å². The number of urea groups is 1. The number of rotatable bonds is 3. The number of amides is 3. The number of hydrogen-bond donors (Lipinski definition) is 1. The number of imide groups is 1. The molecule has 0 radical (unpaired) electrons. The van der Waals surface area contributed by atoms with Crippen molar-refractivity contribution in [1.29, 1.82) is 5.26 Å². The monoisotopic (exact) mass is 275 g/mol. The van der Waals surface area contributed by atoms with Crippen LogP contribution in [0.4, 0.5) is 9.18 Å². The largest absolute Gasteiger partial charge is 0.326 e. The van der Waals surface area contributed by atoms with E-state index in [1.54, 1.807) is 0 Å². The Morgan fingerprint density at radius 1 is 1.45 bits per heavy atom. The molecule has 0 aliphatic carbocycles. The molecule has 1 saturated heterocycles. The average molecular weight is 275 g/mol. The molecule has 3 amide bonds. The van der Waals surface area contributed by atoms with Crippen molar-refractivity contribution in [3.8, 4) is 6.07 Å². The Kier molecular flexibility index (Phi) is 3.70. The minimum atomic E-state index is -0.599. The van der Waals surface area contributed by atoms with E-state index in [-0.39, 0.29) is 29.5 Å². The Hall–Kier alpha value is -2.42. The molecule has 6 heteroatoms. The summed E-state index contributed by atoms with van der Waals surface area (Å²) in [6.45, 7) is 3.52. The standard InChI is InChI=1S/C14H14FN3O2/c1-8(2)12-13(19)18(14(20)17-12)7-10-4-3-9(6-16)5-11(10)15/h3-5,8,12H,7H2,1-2H3,(H,17,20)/t12-/m0/s1. The quantitative estimate of drug-likeness (QED) is 0.854. The lowest BCUT2D eigenvalue weighted by Gasteiger charge is -2.15. The summed E-state index contributed by atoms with van der Waals surface area (Å²) in [6, 6.07) is 4.71. The van der Waals surface area contributed by atoms with Crippen molar-refractivity contribution in [2.75, 3.05) is 0 Å². The third kappa shape index (κ3) is 2.48. The normalized spacial score (nSPS) is 18.4. The van der Waals surface area contributed by atoms with Crippen LogP contribution in [0, 0.1) is 23.1 Å². The van der Waals surface area contributed by atoms with E-state index < -0.39 is 17.9 Å². The minimum Gasteiger partial charge on any atom is -0.326 e. The summed E-state index contributed by atoms with van der Waals surface area (Å²) in [6.07, 6.45) is 0. The average Bonchev–Trinajstić information content (AvgIpc) is 2.68. The van der Waals surface area contributed by atoms with E-state index in [0.717, 1.165) is 11.0 Å². The molecule has 0 saturated carbocycles. The topological polar surface area (TPSA) is 73.2 Å². The van der Waals surface area contributed by atoms with Gasteiger partial charge in [0.05, 0.1) is 18.2 Å². The molecule has 0 aromatic heterocycles.